The van der Waals surface area contributed by atoms with Crippen LogP contribution in [0, 0.1) is 11.3 Å². The van der Waals surface area contributed by atoms with E-state index in [1.54, 1.807) is 24.3 Å². The van der Waals surface area contributed by atoms with E-state index in [9.17, 15) is 0 Å². The van der Waals surface area contributed by atoms with Crippen molar-refractivity contribution in [3.8, 4) is 6.07 Å². The molecule has 2 aromatic rings. The third-order valence-electron chi connectivity index (χ3n) is 2.29. The summed E-state index contributed by atoms with van der Waals surface area (Å²) in [6.07, 6.45) is 1.51. The highest BCUT2D eigenvalue weighted by atomic mass is 35.5. The van der Waals surface area contributed by atoms with Crippen molar-refractivity contribution in [1.82, 2.24) is 4.98 Å². The van der Waals surface area contributed by atoms with Crippen molar-refractivity contribution in [2.75, 3.05) is 11.1 Å². The van der Waals surface area contributed by atoms with Gasteiger partial charge in [0, 0.05) is 11.9 Å². The number of nitrogens with one attached hydrogen (secondary N) is 1. The number of halogens is 2. The number of rotatable bonds is 2. The van der Waals surface area contributed by atoms with Crippen molar-refractivity contribution in [2.24, 2.45) is 0 Å². The summed E-state index contributed by atoms with van der Waals surface area (Å²) >= 11 is 11.7. The lowest BCUT2D eigenvalue weighted by atomic mass is 10.2. The van der Waals surface area contributed by atoms with Crippen molar-refractivity contribution in [3.63, 3.8) is 0 Å². The van der Waals surface area contributed by atoms with E-state index in [1.165, 1.54) is 6.20 Å². The Morgan fingerprint density at radius 1 is 1.22 bits per heavy atom. The minimum Gasteiger partial charge on any atom is -0.395 e. The number of benzene rings is 1. The number of anilines is 3. The third kappa shape index (κ3) is 2.48. The summed E-state index contributed by atoms with van der Waals surface area (Å²) in [5.74, 6) is 0.410. The fourth-order valence-corrected chi connectivity index (χ4v) is 1.68. The van der Waals surface area contributed by atoms with Crippen LogP contribution < -0.4 is 11.1 Å². The molecule has 0 bridgehead atoms. The highest BCUT2D eigenvalue weighted by molar-refractivity contribution is 6.42. The number of nitrogen functional groups attached to an aromatic ring is 1. The summed E-state index contributed by atoms with van der Waals surface area (Å²) in [7, 11) is 0. The van der Waals surface area contributed by atoms with Gasteiger partial charge in [0.05, 0.1) is 21.3 Å². The number of nitrogens with zero attached hydrogens (tertiary/aromatic N) is 2. The SMILES string of the molecule is N#Cc1ccnc(Nc2ccc(Cl)c(Cl)c2)c1N. The van der Waals surface area contributed by atoms with Gasteiger partial charge in [-0.1, -0.05) is 23.2 Å². The Labute approximate surface area is 114 Å². The summed E-state index contributed by atoms with van der Waals surface area (Å²) in [6, 6.07) is 8.61. The van der Waals surface area contributed by atoms with Crippen LogP contribution in [0.3, 0.4) is 0 Å². The zero-order chi connectivity index (χ0) is 13.1. The number of nitriles is 1. The zero-order valence-corrected chi connectivity index (χ0v) is 10.6. The molecule has 0 saturated carbocycles. The molecule has 3 N–H and O–H groups in total. The molecule has 0 saturated heterocycles. The van der Waals surface area contributed by atoms with Gasteiger partial charge in [0.15, 0.2) is 5.82 Å². The summed E-state index contributed by atoms with van der Waals surface area (Å²) in [5.41, 5.74) is 7.16. The Bertz CT molecular complexity index is 634. The standard InChI is InChI=1S/C12H8Cl2N4/c13-9-2-1-8(5-10(9)14)18-12-11(16)7(6-15)3-4-17-12/h1-5H,16H2,(H,17,18). The maximum absolute atomic E-state index is 8.87. The first kappa shape index (κ1) is 12.5. The van der Waals surface area contributed by atoms with E-state index in [-0.39, 0.29) is 0 Å². The number of pyridine rings is 1. The van der Waals surface area contributed by atoms with Crippen LogP contribution in [0.2, 0.25) is 10.0 Å². The summed E-state index contributed by atoms with van der Waals surface area (Å²) in [6.45, 7) is 0. The van der Waals surface area contributed by atoms with E-state index in [1.807, 2.05) is 6.07 Å². The molecule has 0 aliphatic carbocycles. The van der Waals surface area contributed by atoms with Gasteiger partial charge in [-0.3, -0.25) is 0 Å². The first-order chi connectivity index (χ1) is 8.61. The maximum atomic E-state index is 8.87. The zero-order valence-electron chi connectivity index (χ0n) is 9.11. The minimum absolute atomic E-state index is 0.297. The Kier molecular flexibility index (Phi) is 3.56. The Hall–Kier alpha value is -1.96. The molecule has 6 heteroatoms. The smallest absolute Gasteiger partial charge is 0.154 e. The molecule has 90 valence electrons. The molecule has 0 aliphatic heterocycles. The van der Waals surface area contributed by atoms with Gasteiger partial charge in [-0.25, -0.2) is 4.98 Å². The van der Waals surface area contributed by atoms with Gasteiger partial charge >= 0.3 is 0 Å². The highest BCUT2D eigenvalue weighted by Gasteiger charge is 2.07. The number of hydrogen-bond donors (Lipinski definition) is 2. The highest BCUT2D eigenvalue weighted by Crippen LogP contribution is 2.28. The van der Waals surface area contributed by atoms with E-state index in [0.717, 1.165) is 0 Å². The Morgan fingerprint density at radius 3 is 2.67 bits per heavy atom. The number of aromatic nitrogens is 1. The molecule has 1 aromatic heterocycles. The Morgan fingerprint density at radius 2 is 2.00 bits per heavy atom. The Balaban J connectivity index is 2.35. The lowest BCUT2D eigenvalue weighted by Crippen LogP contribution is -2.01. The van der Waals surface area contributed by atoms with Crippen LogP contribution in [-0.4, -0.2) is 4.98 Å². The average Bonchev–Trinajstić information content (AvgIpc) is 2.36. The molecule has 0 radical (unpaired) electrons. The van der Waals surface area contributed by atoms with Crippen molar-refractivity contribution in [3.05, 3.63) is 46.1 Å². The average molecular weight is 279 g/mol. The third-order valence-corrected chi connectivity index (χ3v) is 3.03. The summed E-state index contributed by atoms with van der Waals surface area (Å²) in [4.78, 5) is 4.07. The van der Waals surface area contributed by atoms with Crippen LogP contribution >= 0.6 is 23.2 Å². The molecule has 0 fully saturated rings. The van der Waals surface area contributed by atoms with Gasteiger partial charge in [0.2, 0.25) is 0 Å². The predicted octanol–water partition coefficient (Wildman–Crippen LogP) is 3.59. The van der Waals surface area contributed by atoms with Crippen molar-refractivity contribution in [1.29, 1.82) is 5.26 Å². The quantitative estimate of drug-likeness (QED) is 0.880. The minimum atomic E-state index is 0.297. The normalized spacial score (nSPS) is 9.83. The molecular formula is C12H8Cl2N4. The molecule has 0 aliphatic rings. The van der Waals surface area contributed by atoms with Crippen LogP contribution in [0.1, 0.15) is 5.56 Å². The fraction of sp³-hybridized carbons (Fsp3) is 0. The molecule has 18 heavy (non-hydrogen) atoms. The maximum Gasteiger partial charge on any atom is 0.154 e. The van der Waals surface area contributed by atoms with Gasteiger partial charge in [0.25, 0.3) is 0 Å². The monoisotopic (exact) mass is 278 g/mol. The van der Waals surface area contributed by atoms with E-state index < -0.39 is 0 Å². The summed E-state index contributed by atoms with van der Waals surface area (Å²) < 4.78 is 0. The molecule has 0 atom stereocenters. The second-order valence-corrected chi connectivity index (χ2v) is 4.30. The molecule has 2 rings (SSSR count). The second kappa shape index (κ2) is 5.13. The van der Waals surface area contributed by atoms with Crippen LogP contribution in [0.4, 0.5) is 17.2 Å². The first-order valence-corrected chi connectivity index (χ1v) is 5.74. The molecule has 4 nitrogen and oxygen atoms in total. The lowest BCUT2D eigenvalue weighted by molar-refractivity contribution is 1.30. The summed E-state index contributed by atoms with van der Waals surface area (Å²) in [5, 5.41) is 12.7. The van der Waals surface area contributed by atoms with Crippen LogP contribution in [0.15, 0.2) is 30.5 Å². The number of nitrogens with two attached hydrogens (primary N) is 1. The van der Waals surface area contributed by atoms with Crippen LogP contribution in [0.25, 0.3) is 0 Å². The van der Waals surface area contributed by atoms with Crippen molar-refractivity contribution in [2.45, 2.75) is 0 Å². The topological polar surface area (TPSA) is 74.7 Å². The molecule has 1 heterocycles. The van der Waals surface area contributed by atoms with Gasteiger partial charge in [-0.2, -0.15) is 5.26 Å². The second-order valence-electron chi connectivity index (χ2n) is 3.49. The van der Waals surface area contributed by atoms with Gasteiger partial charge in [-0.05, 0) is 24.3 Å². The fourth-order valence-electron chi connectivity index (χ4n) is 1.38. The van der Waals surface area contributed by atoms with Crippen molar-refractivity contribution < 1.29 is 0 Å². The largest absolute Gasteiger partial charge is 0.395 e. The molecular weight excluding hydrogens is 271 g/mol. The van der Waals surface area contributed by atoms with Crippen molar-refractivity contribution >= 4 is 40.4 Å². The van der Waals surface area contributed by atoms with Crippen LogP contribution in [-0.2, 0) is 0 Å². The van der Waals surface area contributed by atoms with E-state index in [2.05, 4.69) is 10.3 Å². The van der Waals surface area contributed by atoms with Gasteiger partial charge in [-0.15, -0.1) is 0 Å². The van der Waals surface area contributed by atoms with E-state index >= 15 is 0 Å². The molecule has 1 aromatic carbocycles. The first-order valence-electron chi connectivity index (χ1n) is 4.98. The van der Waals surface area contributed by atoms with E-state index in [0.29, 0.717) is 32.8 Å². The van der Waals surface area contributed by atoms with Gasteiger partial charge in [0.1, 0.15) is 6.07 Å². The predicted molar refractivity (Wildman–Crippen MR) is 73.1 cm³/mol. The molecule has 0 amide bonds. The lowest BCUT2D eigenvalue weighted by Gasteiger charge is -2.09. The molecule has 0 unspecified atom stereocenters. The van der Waals surface area contributed by atoms with Gasteiger partial charge < -0.3 is 11.1 Å². The van der Waals surface area contributed by atoms with E-state index in [4.69, 9.17) is 34.2 Å². The molecule has 0 spiro atoms. The number of hydrogen-bond acceptors (Lipinski definition) is 4. The van der Waals surface area contributed by atoms with Crippen LogP contribution in [0.5, 0.6) is 0 Å².